The topological polar surface area (TPSA) is 72.3 Å². The molecule has 2 saturated heterocycles. The molecule has 2 aliphatic rings. The molecule has 4 rings (SSSR count). The van der Waals surface area contributed by atoms with Gasteiger partial charge in [0.05, 0.1) is 11.7 Å². The Hall–Kier alpha value is -2.41. The summed E-state index contributed by atoms with van der Waals surface area (Å²) >= 11 is 0. The predicted octanol–water partition coefficient (Wildman–Crippen LogP) is 3.20. The van der Waals surface area contributed by atoms with E-state index in [1.807, 2.05) is 40.2 Å². The second kappa shape index (κ2) is 9.87. The molecular weight excluding hydrogens is 366 g/mol. The van der Waals surface area contributed by atoms with Crippen molar-refractivity contribution in [3.05, 3.63) is 42.4 Å². The fraction of sp³-hybridized carbons (Fsp3) is 0.591. The summed E-state index contributed by atoms with van der Waals surface area (Å²) in [6.45, 7) is 4.22. The van der Waals surface area contributed by atoms with E-state index in [4.69, 9.17) is 4.74 Å². The lowest BCUT2D eigenvalue weighted by Gasteiger charge is -2.32. The van der Waals surface area contributed by atoms with Gasteiger partial charge in [-0.25, -0.2) is 4.98 Å². The van der Waals surface area contributed by atoms with Crippen molar-refractivity contribution >= 4 is 11.7 Å². The number of amides is 1. The number of likely N-dealkylation sites (tertiary alicyclic amines) is 1. The van der Waals surface area contributed by atoms with Crippen LogP contribution in [0.3, 0.4) is 0 Å². The predicted molar refractivity (Wildman–Crippen MR) is 112 cm³/mol. The fourth-order valence-electron chi connectivity index (χ4n) is 4.17. The van der Waals surface area contributed by atoms with Crippen LogP contribution in [0, 0.1) is 5.92 Å². The average molecular weight is 398 g/mol. The Kier molecular flexibility index (Phi) is 6.77. The first kappa shape index (κ1) is 19.9. The zero-order valence-electron chi connectivity index (χ0n) is 17.0. The molecule has 1 N–H and O–H groups in total. The van der Waals surface area contributed by atoms with Crippen LogP contribution in [0.25, 0.3) is 0 Å². The van der Waals surface area contributed by atoms with Crippen molar-refractivity contribution in [1.29, 1.82) is 0 Å². The van der Waals surface area contributed by atoms with Crippen LogP contribution < -0.4 is 5.32 Å². The van der Waals surface area contributed by atoms with Crippen LogP contribution in [0.1, 0.15) is 48.9 Å². The standard InChI is InChI=1S/C22H31N5O2/c28-22(26-12-7-18(8-13-26)9-14-27-11-3-10-25-27)19-5-6-21(23-16-19)24-17-20-4-1-2-15-29-20/h3,5-6,10-11,16,18,20H,1-2,4,7-9,12-15,17H2,(H,23,24)/t20-/m0/s1. The van der Waals surface area contributed by atoms with E-state index in [1.165, 1.54) is 6.42 Å². The SMILES string of the molecule is O=C(c1ccc(NC[C@@H]2CCCCO2)nc1)N1CCC(CCn2cccn2)CC1. The number of rotatable bonds is 7. The summed E-state index contributed by atoms with van der Waals surface area (Å²) in [5, 5.41) is 7.59. The van der Waals surface area contributed by atoms with Crippen molar-refractivity contribution in [2.75, 3.05) is 31.6 Å². The zero-order chi connectivity index (χ0) is 19.9. The van der Waals surface area contributed by atoms with E-state index in [0.29, 0.717) is 11.5 Å². The third-order valence-electron chi connectivity index (χ3n) is 6.02. The molecule has 7 heteroatoms. The Balaban J connectivity index is 1.21. The molecule has 0 spiro atoms. The summed E-state index contributed by atoms with van der Waals surface area (Å²) < 4.78 is 7.72. The molecule has 1 amide bonds. The van der Waals surface area contributed by atoms with E-state index in [0.717, 1.165) is 70.7 Å². The first-order chi connectivity index (χ1) is 14.3. The molecule has 0 unspecified atom stereocenters. The number of ether oxygens (including phenoxy) is 1. The van der Waals surface area contributed by atoms with Crippen molar-refractivity contribution in [2.24, 2.45) is 5.92 Å². The number of aryl methyl sites for hydroxylation is 1. The summed E-state index contributed by atoms with van der Waals surface area (Å²) in [6.07, 6.45) is 12.5. The highest BCUT2D eigenvalue weighted by Gasteiger charge is 2.24. The zero-order valence-corrected chi connectivity index (χ0v) is 17.0. The number of nitrogens with zero attached hydrogens (tertiary/aromatic N) is 4. The van der Waals surface area contributed by atoms with E-state index in [-0.39, 0.29) is 12.0 Å². The number of aromatic nitrogens is 3. The molecule has 2 aromatic rings. The van der Waals surface area contributed by atoms with E-state index < -0.39 is 0 Å². The molecule has 1 atom stereocenters. The van der Waals surface area contributed by atoms with Crippen LogP contribution >= 0.6 is 0 Å². The molecule has 2 aliphatic heterocycles. The van der Waals surface area contributed by atoms with Crippen LogP contribution in [0.15, 0.2) is 36.8 Å². The van der Waals surface area contributed by atoms with Gasteiger partial charge in [0.1, 0.15) is 5.82 Å². The largest absolute Gasteiger partial charge is 0.376 e. The molecule has 0 aromatic carbocycles. The molecule has 2 aromatic heterocycles. The molecule has 0 radical (unpaired) electrons. The first-order valence-corrected chi connectivity index (χ1v) is 10.9. The van der Waals surface area contributed by atoms with Gasteiger partial charge in [0.2, 0.25) is 0 Å². The lowest BCUT2D eigenvalue weighted by atomic mass is 9.93. The Labute approximate surface area is 172 Å². The molecule has 0 bridgehead atoms. The highest BCUT2D eigenvalue weighted by atomic mass is 16.5. The van der Waals surface area contributed by atoms with Gasteiger partial charge < -0.3 is 15.0 Å². The van der Waals surface area contributed by atoms with E-state index >= 15 is 0 Å². The molecule has 0 saturated carbocycles. The van der Waals surface area contributed by atoms with Gasteiger partial charge in [-0.05, 0) is 62.6 Å². The Bertz CT molecular complexity index is 748. The lowest BCUT2D eigenvalue weighted by molar-refractivity contribution is 0.0247. The second-order valence-electron chi connectivity index (χ2n) is 8.09. The number of hydrogen-bond donors (Lipinski definition) is 1. The number of nitrogens with one attached hydrogen (secondary N) is 1. The van der Waals surface area contributed by atoms with Gasteiger partial charge in [0.25, 0.3) is 5.91 Å². The maximum atomic E-state index is 12.8. The first-order valence-electron chi connectivity index (χ1n) is 10.9. The Morgan fingerprint density at radius 1 is 1.21 bits per heavy atom. The van der Waals surface area contributed by atoms with Gasteiger partial charge in [-0.2, -0.15) is 5.10 Å². The minimum atomic E-state index is 0.0881. The van der Waals surface area contributed by atoms with Crippen molar-refractivity contribution in [3.8, 4) is 0 Å². The fourth-order valence-corrected chi connectivity index (χ4v) is 4.17. The Morgan fingerprint density at radius 3 is 2.79 bits per heavy atom. The monoisotopic (exact) mass is 397 g/mol. The smallest absolute Gasteiger partial charge is 0.255 e. The van der Waals surface area contributed by atoms with Crippen molar-refractivity contribution < 1.29 is 9.53 Å². The number of carbonyl (C=O) groups is 1. The number of carbonyl (C=O) groups excluding carboxylic acids is 1. The van der Waals surface area contributed by atoms with Crippen molar-refractivity contribution in [1.82, 2.24) is 19.7 Å². The number of anilines is 1. The third-order valence-corrected chi connectivity index (χ3v) is 6.02. The van der Waals surface area contributed by atoms with Crippen LogP contribution in [0.4, 0.5) is 5.82 Å². The molecular formula is C22H31N5O2. The summed E-state index contributed by atoms with van der Waals surface area (Å²) in [5.41, 5.74) is 0.666. The van der Waals surface area contributed by atoms with Gasteiger partial charge in [0.15, 0.2) is 0 Å². The van der Waals surface area contributed by atoms with Gasteiger partial charge in [-0.3, -0.25) is 9.48 Å². The van der Waals surface area contributed by atoms with E-state index in [1.54, 1.807) is 6.20 Å². The summed E-state index contributed by atoms with van der Waals surface area (Å²) in [7, 11) is 0. The summed E-state index contributed by atoms with van der Waals surface area (Å²) in [5.74, 6) is 1.55. The van der Waals surface area contributed by atoms with Crippen LogP contribution in [-0.4, -0.2) is 57.9 Å². The molecule has 2 fully saturated rings. The van der Waals surface area contributed by atoms with Crippen molar-refractivity contribution in [2.45, 2.75) is 51.2 Å². The van der Waals surface area contributed by atoms with Crippen molar-refractivity contribution in [3.63, 3.8) is 0 Å². The minimum Gasteiger partial charge on any atom is -0.376 e. The van der Waals surface area contributed by atoms with Crippen LogP contribution in [0.5, 0.6) is 0 Å². The highest BCUT2D eigenvalue weighted by molar-refractivity contribution is 5.94. The van der Waals surface area contributed by atoms with E-state index in [2.05, 4.69) is 15.4 Å². The molecule has 0 aliphatic carbocycles. The second-order valence-corrected chi connectivity index (χ2v) is 8.09. The van der Waals surface area contributed by atoms with Crippen LogP contribution in [-0.2, 0) is 11.3 Å². The third kappa shape index (κ3) is 5.56. The molecule has 29 heavy (non-hydrogen) atoms. The molecule has 7 nitrogen and oxygen atoms in total. The highest BCUT2D eigenvalue weighted by Crippen LogP contribution is 2.22. The van der Waals surface area contributed by atoms with Gasteiger partial charge in [0, 0.05) is 51.4 Å². The summed E-state index contributed by atoms with van der Waals surface area (Å²) in [4.78, 5) is 19.2. The maximum Gasteiger partial charge on any atom is 0.255 e. The number of piperidine rings is 1. The number of pyridine rings is 1. The van der Waals surface area contributed by atoms with Crippen LogP contribution in [0.2, 0.25) is 0 Å². The number of hydrogen-bond acceptors (Lipinski definition) is 5. The lowest BCUT2D eigenvalue weighted by Crippen LogP contribution is -2.38. The normalized spacial score (nSPS) is 20.6. The van der Waals surface area contributed by atoms with Gasteiger partial charge >= 0.3 is 0 Å². The Morgan fingerprint density at radius 2 is 2.10 bits per heavy atom. The summed E-state index contributed by atoms with van der Waals surface area (Å²) in [6, 6.07) is 5.73. The van der Waals surface area contributed by atoms with Gasteiger partial charge in [-0.1, -0.05) is 0 Å². The maximum absolute atomic E-state index is 12.8. The molecule has 4 heterocycles. The molecule has 156 valence electrons. The quantitative estimate of drug-likeness (QED) is 0.777. The average Bonchev–Trinajstić information content (AvgIpc) is 3.31. The van der Waals surface area contributed by atoms with Gasteiger partial charge in [-0.15, -0.1) is 0 Å². The van der Waals surface area contributed by atoms with E-state index in [9.17, 15) is 4.79 Å². The minimum absolute atomic E-state index is 0.0881.